The molecular formula is C19H27N3O4. The number of cyclic esters (lactones) is 1. The van der Waals surface area contributed by atoms with Gasteiger partial charge in [0.2, 0.25) is 0 Å². The number of hydrogen-bond acceptors (Lipinski definition) is 5. The number of rotatable bonds is 2. The van der Waals surface area contributed by atoms with Gasteiger partial charge in [0.1, 0.15) is 11.7 Å². The second-order valence-electron chi connectivity index (χ2n) is 7.81. The normalized spacial score (nSPS) is 20.5. The second kappa shape index (κ2) is 7.15. The molecule has 1 aromatic rings. The van der Waals surface area contributed by atoms with Crippen molar-refractivity contribution in [3.05, 3.63) is 29.3 Å². The van der Waals surface area contributed by atoms with Gasteiger partial charge in [0.25, 0.3) is 0 Å². The molecule has 1 saturated heterocycles. The van der Waals surface area contributed by atoms with E-state index in [4.69, 9.17) is 15.2 Å². The van der Waals surface area contributed by atoms with E-state index in [1.165, 1.54) is 0 Å². The van der Waals surface area contributed by atoms with Gasteiger partial charge in [-0.05, 0) is 56.9 Å². The van der Waals surface area contributed by atoms with Crippen molar-refractivity contribution < 1.29 is 19.1 Å². The smallest absolute Gasteiger partial charge is 0.414 e. The third-order valence-corrected chi connectivity index (χ3v) is 4.53. The number of hydrogen-bond donors (Lipinski definition) is 1. The van der Waals surface area contributed by atoms with Gasteiger partial charge in [0.15, 0.2) is 0 Å². The van der Waals surface area contributed by atoms with Crippen LogP contribution in [0.4, 0.5) is 15.3 Å². The molecule has 0 spiro atoms. The first-order valence-corrected chi connectivity index (χ1v) is 9.05. The van der Waals surface area contributed by atoms with Gasteiger partial charge in [0, 0.05) is 25.3 Å². The Hall–Kier alpha value is -2.28. The van der Waals surface area contributed by atoms with Crippen molar-refractivity contribution in [3.8, 4) is 0 Å². The number of amides is 2. The van der Waals surface area contributed by atoms with Crippen molar-refractivity contribution >= 4 is 17.9 Å². The molecule has 142 valence electrons. The fraction of sp³-hybridized carbons (Fsp3) is 0.579. The van der Waals surface area contributed by atoms with Gasteiger partial charge < -0.3 is 20.1 Å². The predicted molar refractivity (Wildman–Crippen MR) is 98.1 cm³/mol. The molecule has 2 N–H and O–H groups in total. The molecule has 2 heterocycles. The Bertz CT molecular complexity index is 699. The molecule has 7 nitrogen and oxygen atoms in total. The van der Waals surface area contributed by atoms with Crippen LogP contribution in [0, 0.1) is 0 Å². The number of fused-ring (bicyclic) bond motifs is 1. The van der Waals surface area contributed by atoms with Crippen molar-refractivity contribution in [2.24, 2.45) is 5.73 Å². The Morgan fingerprint density at radius 1 is 1.35 bits per heavy atom. The largest absolute Gasteiger partial charge is 0.444 e. The Balaban J connectivity index is 1.76. The number of benzene rings is 1. The lowest BCUT2D eigenvalue weighted by Crippen LogP contribution is -2.36. The van der Waals surface area contributed by atoms with E-state index in [0.29, 0.717) is 26.2 Å². The molecule has 0 saturated carbocycles. The van der Waals surface area contributed by atoms with Crippen LogP contribution in [0.1, 0.15) is 38.3 Å². The van der Waals surface area contributed by atoms with E-state index < -0.39 is 5.60 Å². The Morgan fingerprint density at radius 3 is 2.77 bits per heavy atom. The van der Waals surface area contributed by atoms with Gasteiger partial charge in [-0.1, -0.05) is 6.07 Å². The van der Waals surface area contributed by atoms with E-state index in [1.54, 1.807) is 9.80 Å². The molecule has 2 aliphatic heterocycles. The molecule has 2 amide bonds. The molecule has 2 aliphatic rings. The number of carbonyl (C=O) groups is 2. The lowest BCUT2D eigenvalue weighted by molar-refractivity contribution is 0.0237. The maximum Gasteiger partial charge on any atom is 0.414 e. The lowest BCUT2D eigenvalue weighted by Gasteiger charge is -2.26. The minimum Gasteiger partial charge on any atom is -0.444 e. The summed E-state index contributed by atoms with van der Waals surface area (Å²) in [7, 11) is 0. The Labute approximate surface area is 154 Å². The van der Waals surface area contributed by atoms with E-state index in [2.05, 4.69) is 0 Å². The number of nitrogens with two attached hydrogens (primary N) is 1. The average molecular weight is 361 g/mol. The maximum absolute atomic E-state index is 12.4. The highest BCUT2D eigenvalue weighted by atomic mass is 16.6. The van der Waals surface area contributed by atoms with Crippen molar-refractivity contribution in [1.29, 1.82) is 0 Å². The van der Waals surface area contributed by atoms with Gasteiger partial charge in [-0.2, -0.15) is 0 Å². The summed E-state index contributed by atoms with van der Waals surface area (Å²) in [5.74, 6) is 0. The van der Waals surface area contributed by atoms with E-state index >= 15 is 0 Å². The molecule has 0 bridgehead atoms. The maximum atomic E-state index is 12.4. The Morgan fingerprint density at radius 2 is 2.12 bits per heavy atom. The van der Waals surface area contributed by atoms with Gasteiger partial charge in [-0.15, -0.1) is 0 Å². The van der Waals surface area contributed by atoms with Crippen LogP contribution in [0.25, 0.3) is 0 Å². The minimum absolute atomic E-state index is 0.260. The molecular weight excluding hydrogens is 334 g/mol. The topological polar surface area (TPSA) is 85.1 Å². The molecule has 3 rings (SSSR count). The lowest BCUT2D eigenvalue weighted by atomic mass is 10.0. The zero-order chi connectivity index (χ0) is 18.9. The van der Waals surface area contributed by atoms with Crippen molar-refractivity contribution in [2.45, 2.75) is 51.9 Å². The minimum atomic E-state index is -0.508. The van der Waals surface area contributed by atoms with Gasteiger partial charge >= 0.3 is 12.2 Å². The summed E-state index contributed by atoms with van der Waals surface area (Å²) in [6, 6.07) is 5.90. The Kier molecular flexibility index (Phi) is 5.09. The van der Waals surface area contributed by atoms with Gasteiger partial charge in [-0.3, -0.25) is 4.90 Å². The summed E-state index contributed by atoms with van der Waals surface area (Å²) in [6.45, 7) is 7.56. The molecule has 0 unspecified atom stereocenters. The monoisotopic (exact) mass is 361 g/mol. The number of ether oxygens (including phenoxy) is 2. The predicted octanol–water partition coefficient (Wildman–Crippen LogP) is 2.65. The third kappa shape index (κ3) is 4.09. The van der Waals surface area contributed by atoms with E-state index in [9.17, 15) is 9.59 Å². The number of aryl methyl sites for hydroxylation is 1. The van der Waals surface area contributed by atoms with Gasteiger partial charge in [0.05, 0.1) is 6.54 Å². The van der Waals surface area contributed by atoms with E-state index in [0.717, 1.165) is 29.7 Å². The van der Waals surface area contributed by atoms with E-state index in [-0.39, 0.29) is 18.3 Å². The molecule has 26 heavy (non-hydrogen) atoms. The van der Waals surface area contributed by atoms with Crippen LogP contribution in [0.3, 0.4) is 0 Å². The van der Waals surface area contributed by atoms with Crippen LogP contribution >= 0.6 is 0 Å². The summed E-state index contributed by atoms with van der Waals surface area (Å²) in [5.41, 5.74) is 8.14. The molecule has 1 aromatic carbocycles. The molecule has 1 fully saturated rings. The zero-order valence-electron chi connectivity index (χ0n) is 15.7. The molecule has 0 radical (unpaired) electrons. The fourth-order valence-electron chi connectivity index (χ4n) is 3.25. The summed E-state index contributed by atoms with van der Waals surface area (Å²) >= 11 is 0. The molecule has 0 aliphatic carbocycles. The molecule has 7 heteroatoms. The van der Waals surface area contributed by atoms with E-state index in [1.807, 2.05) is 39.0 Å². The molecule has 1 atom stereocenters. The van der Waals surface area contributed by atoms with Crippen molar-refractivity contribution in [3.63, 3.8) is 0 Å². The number of anilines is 1. The first kappa shape index (κ1) is 18.5. The standard InChI is InChI=1S/C19H27N3O4/c1-19(2,3)26-17(23)21-8-4-5-13-9-15(7-6-14(13)11-21)22-12-16(10-20)25-18(22)24/h6-7,9,16H,4-5,8,10-12,20H2,1-3H3/t16-/m0/s1. The number of carbonyl (C=O) groups excluding carboxylic acids is 2. The highest BCUT2D eigenvalue weighted by Crippen LogP contribution is 2.28. The van der Waals surface area contributed by atoms with Crippen LogP contribution in [0.15, 0.2) is 18.2 Å². The quantitative estimate of drug-likeness (QED) is 0.875. The highest BCUT2D eigenvalue weighted by molar-refractivity contribution is 5.90. The zero-order valence-corrected chi connectivity index (χ0v) is 15.7. The van der Waals surface area contributed by atoms with Crippen LogP contribution in [-0.4, -0.2) is 48.4 Å². The van der Waals surface area contributed by atoms with Crippen LogP contribution in [0.2, 0.25) is 0 Å². The molecule has 0 aromatic heterocycles. The third-order valence-electron chi connectivity index (χ3n) is 4.53. The first-order valence-electron chi connectivity index (χ1n) is 9.05. The first-order chi connectivity index (χ1) is 12.3. The number of nitrogens with zero attached hydrogens (tertiary/aromatic N) is 2. The van der Waals surface area contributed by atoms with Crippen molar-refractivity contribution in [1.82, 2.24) is 4.90 Å². The summed E-state index contributed by atoms with van der Waals surface area (Å²) < 4.78 is 10.7. The highest BCUT2D eigenvalue weighted by Gasteiger charge is 2.32. The average Bonchev–Trinajstić information content (AvgIpc) is 2.81. The van der Waals surface area contributed by atoms with Crippen LogP contribution in [-0.2, 0) is 22.4 Å². The van der Waals surface area contributed by atoms with Gasteiger partial charge in [-0.25, -0.2) is 9.59 Å². The summed E-state index contributed by atoms with van der Waals surface area (Å²) in [6.07, 6.45) is 0.800. The summed E-state index contributed by atoms with van der Waals surface area (Å²) in [5, 5.41) is 0. The summed E-state index contributed by atoms with van der Waals surface area (Å²) in [4.78, 5) is 27.8. The van der Waals surface area contributed by atoms with Crippen LogP contribution < -0.4 is 10.6 Å². The van der Waals surface area contributed by atoms with Crippen LogP contribution in [0.5, 0.6) is 0 Å². The fourth-order valence-corrected chi connectivity index (χ4v) is 3.25. The van der Waals surface area contributed by atoms with Crippen molar-refractivity contribution in [2.75, 3.05) is 24.5 Å². The SMILES string of the molecule is CC(C)(C)OC(=O)N1CCCc2cc(N3C[C@H](CN)OC3=O)ccc2C1. The second-order valence-corrected chi connectivity index (χ2v) is 7.81.